The zero-order chi connectivity index (χ0) is 24.9. The number of nitrogens with one attached hydrogen (secondary N) is 2. The number of ketones is 1. The molecule has 1 amide bonds. The van der Waals surface area contributed by atoms with Crippen LogP contribution in [0.3, 0.4) is 0 Å². The number of amides is 1. The van der Waals surface area contributed by atoms with Crippen molar-refractivity contribution in [2.45, 2.75) is 50.4 Å². The summed E-state index contributed by atoms with van der Waals surface area (Å²) in [6.45, 7) is 5.79. The van der Waals surface area contributed by atoms with Gasteiger partial charge in [0.15, 0.2) is 16.8 Å². The van der Waals surface area contributed by atoms with E-state index >= 15 is 0 Å². The summed E-state index contributed by atoms with van der Waals surface area (Å²) in [6.07, 6.45) is -4.42. The van der Waals surface area contributed by atoms with E-state index < -0.39 is 17.0 Å². The van der Waals surface area contributed by atoms with Crippen LogP contribution in [0.4, 0.5) is 24.5 Å². The fourth-order valence-corrected chi connectivity index (χ4v) is 4.02. The van der Waals surface area contributed by atoms with Gasteiger partial charge in [-0.05, 0) is 63.2 Å². The van der Waals surface area contributed by atoms with Crippen LogP contribution in [0, 0.1) is 0 Å². The van der Waals surface area contributed by atoms with Crippen molar-refractivity contribution in [3.05, 3.63) is 65.5 Å². The first-order valence-corrected chi connectivity index (χ1v) is 11.4. The highest BCUT2D eigenvalue weighted by Crippen LogP contribution is 2.31. The molecule has 0 unspecified atom stereocenters. The van der Waals surface area contributed by atoms with Gasteiger partial charge in [-0.1, -0.05) is 17.8 Å². The van der Waals surface area contributed by atoms with E-state index in [1.165, 1.54) is 24.8 Å². The van der Waals surface area contributed by atoms with E-state index in [4.69, 9.17) is 0 Å². The highest BCUT2D eigenvalue weighted by Gasteiger charge is 2.30. The fourth-order valence-electron chi connectivity index (χ4n) is 3.09. The first-order valence-electron chi connectivity index (χ1n) is 10.5. The average Bonchev–Trinajstić information content (AvgIpc) is 3.18. The van der Waals surface area contributed by atoms with Crippen LogP contribution in [-0.4, -0.2) is 31.7 Å². The van der Waals surface area contributed by atoms with Gasteiger partial charge < -0.3 is 15.2 Å². The first-order chi connectivity index (χ1) is 16.1. The molecule has 0 aliphatic heterocycles. The quantitative estimate of drug-likeness (QED) is 0.314. The molecule has 1 aromatic heterocycles. The molecule has 0 saturated heterocycles. The van der Waals surface area contributed by atoms with Crippen LogP contribution in [0.1, 0.15) is 42.5 Å². The van der Waals surface area contributed by atoms with Crippen LogP contribution in [0.15, 0.2) is 53.7 Å². The highest BCUT2D eigenvalue weighted by atomic mass is 32.2. The number of benzene rings is 2. The van der Waals surface area contributed by atoms with E-state index in [9.17, 15) is 22.8 Å². The minimum absolute atomic E-state index is 0.0564. The molecular weight excluding hydrogens is 467 g/mol. The SMILES string of the molecule is CCn1c(CNc2cccc(C(F)(F)F)c2)nnc1S[C@@H](C)C(=O)Nc1ccc(C(C)=O)cc1. The molecule has 0 fully saturated rings. The molecule has 0 aliphatic rings. The lowest BCUT2D eigenvalue weighted by Crippen LogP contribution is -2.23. The van der Waals surface area contributed by atoms with Crippen molar-refractivity contribution in [3.8, 4) is 0 Å². The minimum Gasteiger partial charge on any atom is -0.378 e. The minimum atomic E-state index is -4.42. The average molecular weight is 492 g/mol. The van der Waals surface area contributed by atoms with Gasteiger partial charge in [-0.3, -0.25) is 9.59 Å². The molecular formula is C23H24F3N5O2S. The van der Waals surface area contributed by atoms with Crippen LogP contribution in [0.5, 0.6) is 0 Å². The van der Waals surface area contributed by atoms with Crippen molar-refractivity contribution >= 4 is 34.8 Å². The Morgan fingerprint density at radius 3 is 2.41 bits per heavy atom. The lowest BCUT2D eigenvalue weighted by atomic mass is 10.1. The van der Waals surface area contributed by atoms with Crippen LogP contribution in [-0.2, 0) is 24.1 Å². The van der Waals surface area contributed by atoms with Gasteiger partial charge in [0.25, 0.3) is 0 Å². The zero-order valence-electron chi connectivity index (χ0n) is 18.8. The van der Waals surface area contributed by atoms with Crippen LogP contribution in [0.2, 0.25) is 0 Å². The van der Waals surface area contributed by atoms with Crippen molar-refractivity contribution < 1.29 is 22.8 Å². The van der Waals surface area contributed by atoms with Crippen LogP contribution in [0.25, 0.3) is 0 Å². The van der Waals surface area contributed by atoms with E-state index in [1.807, 2.05) is 6.92 Å². The molecule has 3 rings (SSSR count). The monoisotopic (exact) mass is 491 g/mol. The van der Waals surface area contributed by atoms with Crippen LogP contribution >= 0.6 is 11.8 Å². The molecule has 180 valence electrons. The van der Waals surface area contributed by atoms with Gasteiger partial charge in [-0.2, -0.15) is 13.2 Å². The number of thioether (sulfide) groups is 1. The Kier molecular flexibility index (Phi) is 7.98. The van der Waals surface area contributed by atoms with E-state index in [0.717, 1.165) is 12.1 Å². The third-order valence-corrected chi connectivity index (χ3v) is 6.04. The molecule has 11 heteroatoms. The summed E-state index contributed by atoms with van der Waals surface area (Å²) in [4.78, 5) is 24.0. The van der Waals surface area contributed by atoms with Crippen molar-refractivity contribution in [2.75, 3.05) is 10.6 Å². The maximum Gasteiger partial charge on any atom is 0.416 e. The Labute approximate surface area is 199 Å². The smallest absolute Gasteiger partial charge is 0.378 e. The highest BCUT2D eigenvalue weighted by molar-refractivity contribution is 8.00. The van der Waals surface area contributed by atoms with Gasteiger partial charge in [-0.25, -0.2) is 0 Å². The summed E-state index contributed by atoms with van der Waals surface area (Å²) in [5.74, 6) is 0.240. The summed E-state index contributed by atoms with van der Waals surface area (Å²) >= 11 is 1.23. The molecule has 0 saturated carbocycles. The Hall–Kier alpha value is -3.34. The maximum absolute atomic E-state index is 12.9. The second-order valence-electron chi connectivity index (χ2n) is 7.46. The lowest BCUT2D eigenvalue weighted by Gasteiger charge is -2.14. The molecule has 0 spiro atoms. The molecule has 34 heavy (non-hydrogen) atoms. The molecule has 7 nitrogen and oxygen atoms in total. The summed E-state index contributed by atoms with van der Waals surface area (Å²) in [6, 6.07) is 11.6. The largest absolute Gasteiger partial charge is 0.416 e. The van der Waals surface area contributed by atoms with Crippen molar-refractivity contribution in [1.82, 2.24) is 14.8 Å². The number of Topliss-reactive ketones (excluding diaryl/α,β-unsaturated/α-hetero) is 1. The number of carbonyl (C=O) groups is 2. The van der Waals surface area contributed by atoms with E-state index in [1.54, 1.807) is 41.8 Å². The first kappa shape index (κ1) is 25.3. The van der Waals surface area contributed by atoms with E-state index in [-0.39, 0.29) is 18.2 Å². The molecule has 0 aliphatic carbocycles. The van der Waals surface area contributed by atoms with Gasteiger partial charge in [-0.15, -0.1) is 10.2 Å². The van der Waals surface area contributed by atoms with Gasteiger partial charge in [0.05, 0.1) is 17.4 Å². The number of carbonyl (C=O) groups excluding carboxylic acids is 2. The van der Waals surface area contributed by atoms with Gasteiger partial charge in [0, 0.05) is 23.5 Å². The number of hydrogen-bond donors (Lipinski definition) is 2. The Bertz CT molecular complexity index is 1160. The third-order valence-electron chi connectivity index (χ3n) is 4.96. The number of rotatable bonds is 9. The van der Waals surface area contributed by atoms with Crippen molar-refractivity contribution in [3.63, 3.8) is 0 Å². The van der Waals surface area contributed by atoms with Crippen LogP contribution < -0.4 is 10.6 Å². The van der Waals surface area contributed by atoms with Gasteiger partial charge >= 0.3 is 6.18 Å². The maximum atomic E-state index is 12.9. The molecule has 1 heterocycles. The summed E-state index contributed by atoms with van der Waals surface area (Å²) in [5, 5.41) is 14.1. The molecule has 2 N–H and O–H groups in total. The predicted octanol–water partition coefficient (Wildman–Crippen LogP) is 5.25. The summed E-state index contributed by atoms with van der Waals surface area (Å²) in [5.41, 5.74) is 0.716. The molecule has 1 atom stereocenters. The predicted molar refractivity (Wildman–Crippen MR) is 125 cm³/mol. The second kappa shape index (κ2) is 10.7. The molecule has 0 bridgehead atoms. The van der Waals surface area contributed by atoms with Crippen molar-refractivity contribution in [1.29, 1.82) is 0 Å². The van der Waals surface area contributed by atoms with Gasteiger partial charge in [0.1, 0.15) is 0 Å². The number of halogens is 3. The number of anilines is 2. The summed E-state index contributed by atoms with van der Waals surface area (Å²) in [7, 11) is 0. The van der Waals surface area contributed by atoms with E-state index in [0.29, 0.717) is 34.5 Å². The topological polar surface area (TPSA) is 88.9 Å². The fraction of sp³-hybridized carbons (Fsp3) is 0.304. The zero-order valence-corrected chi connectivity index (χ0v) is 19.6. The Morgan fingerprint density at radius 1 is 1.09 bits per heavy atom. The Balaban J connectivity index is 1.63. The van der Waals surface area contributed by atoms with Crippen molar-refractivity contribution in [2.24, 2.45) is 0 Å². The molecule has 3 aromatic rings. The third kappa shape index (κ3) is 6.37. The number of hydrogen-bond acceptors (Lipinski definition) is 6. The second-order valence-corrected chi connectivity index (χ2v) is 8.77. The lowest BCUT2D eigenvalue weighted by molar-refractivity contribution is -0.137. The number of nitrogens with zero attached hydrogens (tertiary/aromatic N) is 3. The number of alkyl halides is 3. The standard InChI is InChI=1S/C23H24F3N5O2S/c1-4-31-20(13-27-19-7-5-6-17(12-19)23(24,25)26)29-30-22(31)34-15(3)21(33)28-18-10-8-16(9-11-18)14(2)32/h5-12,15,27H,4,13H2,1-3H3,(H,28,33)/t15-/m0/s1. The van der Waals surface area contributed by atoms with Gasteiger partial charge in [0.2, 0.25) is 5.91 Å². The normalized spacial score (nSPS) is 12.3. The number of aromatic nitrogens is 3. The molecule has 2 aromatic carbocycles. The Morgan fingerprint density at radius 2 is 1.79 bits per heavy atom. The summed E-state index contributed by atoms with van der Waals surface area (Å²) < 4.78 is 40.6. The molecule has 0 radical (unpaired) electrons. The van der Waals surface area contributed by atoms with E-state index in [2.05, 4.69) is 20.8 Å².